The summed E-state index contributed by atoms with van der Waals surface area (Å²) < 4.78 is 2.06. The SMILES string of the molecule is Cc1[nH]nc2ncc(NC(=O)CSc3nccn3C(C)(C)C)cc12. The number of hydrogen-bond acceptors (Lipinski definition) is 5. The zero-order valence-electron chi connectivity index (χ0n) is 14.1. The number of imidazole rings is 1. The van der Waals surface area contributed by atoms with Crippen LogP contribution < -0.4 is 5.32 Å². The molecule has 0 radical (unpaired) electrons. The number of nitrogens with one attached hydrogen (secondary N) is 2. The number of rotatable bonds is 4. The summed E-state index contributed by atoms with van der Waals surface area (Å²) in [4.78, 5) is 20.8. The number of carbonyl (C=O) groups excluding carboxylic acids is 1. The van der Waals surface area contributed by atoms with Gasteiger partial charge in [-0.2, -0.15) is 5.10 Å². The second-order valence-corrected chi connectivity index (χ2v) is 7.47. The van der Waals surface area contributed by atoms with Crippen molar-refractivity contribution in [1.82, 2.24) is 24.7 Å². The number of pyridine rings is 1. The van der Waals surface area contributed by atoms with Crippen LogP contribution in [0.25, 0.3) is 11.0 Å². The molecule has 3 aromatic heterocycles. The number of hydrogen-bond donors (Lipinski definition) is 2. The fraction of sp³-hybridized carbons (Fsp3) is 0.375. The number of fused-ring (bicyclic) bond motifs is 1. The highest BCUT2D eigenvalue weighted by Gasteiger charge is 2.17. The molecule has 3 aromatic rings. The van der Waals surface area contributed by atoms with Gasteiger partial charge in [0, 0.05) is 29.0 Å². The van der Waals surface area contributed by atoms with Gasteiger partial charge >= 0.3 is 0 Å². The van der Waals surface area contributed by atoms with E-state index >= 15 is 0 Å². The quantitative estimate of drug-likeness (QED) is 0.710. The molecule has 24 heavy (non-hydrogen) atoms. The third-order valence-corrected chi connectivity index (χ3v) is 4.51. The lowest BCUT2D eigenvalue weighted by Gasteiger charge is -2.22. The second kappa shape index (κ2) is 6.27. The molecule has 0 saturated heterocycles. The molecule has 0 aliphatic rings. The molecule has 0 atom stereocenters. The third kappa shape index (κ3) is 3.43. The van der Waals surface area contributed by atoms with Crippen molar-refractivity contribution >= 4 is 34.4 Å². The molecule has 0 aliphatic carbocycles. The highest BCUT2D eigenvalue weighted by molar-refractivity contribution is 7.99. The smallest absolute Gasteiger partial charge is 0.234 e. The lowest BCUT2D eigenvalue weighted by atomic mass is 10.1. The minimum Gasteiger partial charge on any atom is -0.324 e. The number of thioether (sulfide) groups is 1. The number of carbonyl (C=O) groups is 1. The number of H-pyrrole nitrogens is 1. The van der Waals surface area contributed by atoms with Crippen molar-refractivity contribution in [3.05, 3.63) is 30.4 Å². The van der Waals surface area contributed by atoms with Crippen LogP contribution in [-0.2, 0) is 10.3 Å². The van der Waals surface area contributed by atoms with Gasteiger partial charge in [-0.05, 0) is 33.8 Å². The van der Waals surface area contributed by atoms with E-state index in [1.807, 2.05) is 19.2 Å². The van der Waals surface area contributed by atoms with Crippen LogP contribution in [0, 0.1) is 6.92 Å². The molecular weight excluding hydrogens is 324 g/mol. The molecule has 0 spiro atoms. The molecule has 0 unspecified atom stereocenters. The molecule has 0 fully saturated rings. The fourth-order valence-electron chi connectivity index (χ4n) is 2.32. The van der Waals surface area contributed by atoms with E-state index in [1.54, 1.807) is 12.4 Å². The Morgan fingerprint density at radius 3 is 2.92 bits per heavy atom. The Labute approximate surface area is 144 Å². The summed E-state index contributed by atoms with van der Waals surface area (Å²) in [6.07, 6.45) is 5.30. The van der Waals surface area contributed by atoms with E-state index in [0.29, 0.717) is 11.3 Å². The molecule has 0 aliphatic heterocycles. The maximum Gasteiger partial charge on any atom is 0.234 e. The van der Waals surface area contributed by atoms with Crippen molar-refractivity contribution in [2.45, 2.75) is 38.4 Å². The second-order valence-electron chi connectivity index (χ2n) is 6.53. The Balaban J connectivity index is 1.65. The van der Waals surface area contributed by atoms with E-state index in [9.17, 15) is 4.79 Å². The van der Waals surface area contributed by atoms with Gasteiger partial charge in [0.25, 0.3) is 0 Å². The molecule has 3 heterocycles. The van der Waals surface area contributed by atoms with Gasteiger partial charge in [-0.15, -0.1) is 0 Å². The van der Waals surface area contributed by atoms with Gasteiger partial charge in [0.1, 0.15) is 0 Å². The lowest BCUT2D eigenvalue weighted by Crippen LogP contribution is -2.22. The summed E-state index contributed by atoms with van der Waals surface area (Å²) in [5.74, 6) is 0.195. The first-order valence-electron chi connectivity index (χ1n) is 7.62. The molecular formula is C16H20N6OS. The van der Waals surface area contributed by atoms with Gasteiger partial charge in [0.05, 0.1) is 17.6 Å². The number of aromatic amines is 1. The van der Waals surface area contributed by atoms with E-state index < -0.39 is 0 Å². The topological polar surface area (TPSA) is 88.5 Å². The molecule has 126 valence electrons. The van der Waals surface area contributed by atoms with E-state index in [0.717, 1.165) is 16.2 Å². The molecule has 3 rings (SSSR count). The van der Waals surface area contributed by atoms with Crippen molar-refractivity contribution in [1.29, 1.82) is 0 Å². The van der Waals surface area contributed by atoms with Crippen molar-refractivity contribution in [3.8, 4) is 0 Å². The van der Waals surface area contributed by atoms with Crippen LogP contribution >= 0.6 is 11.8 Å². The highest BCUT2D eigenvalue weighted by atomic mass is 32.2. The summed E-state index contributed by atoms with van der Waals surface area (Å²) in [7, 11) is 0. The van der Waals surface area contributed by atoms with E-state index in [4.69, 9.17) is 0 Å². The van der Waals surface area contributed by atoms with Crippen molar-refractivity contribution < 1.29 is 4.79 Å². The number of anilines is 1. The predicted octanol–water partition coefficient (Wildman–Crippen LogP) is 2.95. The molecule has 2 N–H and O–H groups in total. The summed E-state index contributed by atoms with van der Waals surface area (Å²) in [5.41, 5.74) is 2.17. The van der Waals surface area contributed by atoms with E-state index in [-0.39, 0.29) is 17.2 Å². The first-order valence-corrected chi connectivity index (χ1v) is 8.60. The Bertz CT molecular complexity index is 876. The Morgan fingerprint density at radius 1 is 1.38 bits per heavy atom. The van der Waals surface area contributed by atoms with Crippen LogP contribution in [0.4, 0.5) is 5.69 Å². The van der Waals surface area contributed by atoms with Crippen molar-refractivity contribution in [3.63, 3.8) is 0 Å². The van der Waals surface area contributed by atoms with Gasteiger partial charge < -0.3 is 9.88 Å². The summed E-state index contributed by atoms with van der Waals surface area (Å²) in [6.45, 7) is 8.23. The van der Waals surface area contributed by atoms with Crippen molar-refractivity contribution in [2.75, 3.05) is 11.1 Å². The van der Waals surface area contributed by atoms with Crippen LogP contribution in [0.2, 0.25) is 0 Å². The summed E-state index contributed by atoms with van der Waals surface area (Å²) in [6, 6.07) is 1.87. The molecule has 7 nitrogen and oxygen atoms in total. The standard InChI is InChI=1S/C16H20N6OS/c1-10-12-7-11(8-18-14(12)21-20-10)19-13(23)9-24-15-17-5-6-22(15)16(2,3)4/h5-8H,9H2,1-4H3,(H,19,23)(H,18,20,21). The van der Waals surface area contributed by atoms with Crippen LogP contribution in [0.1, 0.15) is 26.5 Å². The maximum atomic E-state index is 12.2. The molecule has 0 bridgehead atoms. The van der Waals surface area contributed by atoms with Gasteiger partial charge in [-0.1, -0.05) is 11.8 Å². The summed E-state index contributed by atoms with van der Waals surface area (Å²) in [5, 5.41) is 11.6. The summed E-state index contributed by atoms with van der Waals surface area (Å²) >= 11 is 1.42. The number of amides is 1. The first-order chi connectivity index (χ1) is 11.3. The van der Waals surface area contributed by atoms with Gasteiger partial charge in [0.15, 0.2) is 10.8 Å². The monoisotopic (exact) mass is 344 g/mol. The average molecular weight is 344 g/mol. The van der Waals surface area contributed by atoms with Crippen LogP contribution in [0.15, 0.2) is 29.8 Å². The predicted molar refractivity (Wildman–Crippen MR) is 95.2 cm³/mol. The fourth-order valence-corrected chi connectivity index (χ4v) is 3.26. The molecule has 8 heteroatoms. The van der Waals surface area contributed by atoms with E-state index in [2.05, 4.69) is 50.8 Å². The third-order valence-electron chi connectivity index (χ3n) is 3.55. The number of aryl methyl sites for hydroxylation is 1. The lowest BCUT2D eigenvalue weighted by molar-refractivity contribution is -0.113. The minimum absolute atomic E-state index is 0.0664. The average Bonchev–Trinajstić information content (AvgIpc) is 3.12. The highest BCUT2D eigenvalue weighted by Crippen LogP contribution is 2.24. The van der Waals surface area contributed by atoms with Crippen LogP contribution in [-0.4, -0.2) is 36.4 Å². The molecule has 0 aromatic carbocycles. The molecule has 0 saturated carbocycles. The largest absolute Gasteiger partial charge is 0.324 e. The Morgan fingerprint density at radius 2 is 2.17 bits per heavy atom. The van der Waals surface area contributed by atoms with Crippen LogP contribution in [0.5, 0.6) is 0 Å². The Kier molecular flexibility index (Phi) is 4.31. The molecule has 1 amide bonds. The zero-order valence-corrected chi connectivity index (χ0v) is 14.9. The van der Waals surface area contributed by atoms with Crippen LogP contribution in [0.3, 0.4) is 0 Å². The number of nitrogens with zero attached hydrogens (tertiary/aromatic N) is 4. The van der Waals surface area contributed by atoms with Gasteiger partial charge in [0.2, 0.25) is 5.91 Å². The zero-order chi connectivity index (χ0) is 17.3. The minimum atomic E-state index is -0.0919. The van der Waals surface area contributed by atoms with E-state index in [1.165, 1.54) is 11.8 Å². The maximum absolute atomic E-state index is 12.2. The van der Waals surface area contributed by atoms with Crippen molar-refractivity contribution in [2.24, 2.45) is 0 Å². The van der Waals surface area contributed by atoms with Gasteiger partial charge in [-0.3, -0.25) is 9.89 Å². The normalized spacial score (nSPS) is 11.8. The van der Waals surface area contributed by atoms with Gasteiger partial charge in [-0.25, -0.2) is 9.97 Å². The Hall–Kier alpha value is -2.35. The number of aromatic nitrogens is 5. The first kappa shape index (κ1) is 16.5.